The quantitative estimate of drug-likeness (QED) is 0.0684. The Bertz CT molecular complexity index is 2780. The second-order valence-corrected chi connectivity index (χ2v) is 19.2. The number of hydrogen-bond acceptors (Lipinski definition) is 3. The summed E-state index contributed by atoms with van der Waals surface area (Å²) >= 11 is 0. The van der Waals surface area contributed by atoms with Crippen molar-refractivity contribution in [2.75, 3.05) is 15.1 Å². The third-order valence-corrected chi connectivity index (χ3v) is 15.1. The van der Waals surface area contributed by atoms with Crippen molar-refractivity contribution in [3.63, 3.8) is 0 Å². The van der Waals surface area contributed by atoms with Gasteiger partial charge < -0.3 is 15.1 Å². The fourth-order valence-electron chi connectivity index (χ4n) is 11.4. The van der Waals surface area contributed by atoms with Crippen LogP contribution in [0.25, 0.3) is 22.3 Å². The highest BCUT2D eigenvalue weighted by Gasteiger charge is 2.45. The van der Waals surface area contributed by atoms with Crippen LogP contribution in [0.5, 0.6) is 0 Å². The topological polar surface area (TPSA) is 18.5 Å². The van der Waals surface area contributed by atoms with Gasteiger partial charge in [0.25, 0.3) is 0 Å². The zero-order valence-corrected chi connectivity index (χ0v) is 41.5. The van der Waals surface area contributed by atoms with Crippen molar-refractivity contribution in [3.05, 3.63) is 223 Å². The number of anilines is 7. The van der Waals surface area contributed by atoms with Crippen LogP contribution in [0.15, 0.2) is 206 Å². The van der Waals surface area contributed by atoms with Crippen LogP contribution in [-0.2, 0) is 11.0 Å². The first-order valence-electron chi connectivity index (χ1n) is 26.1. The molecule has 9 rings (SSSR count). The van der Waals surface area contributed by atoms with Crippen molar-refractivity contribution in [2.45, 2.75) is 116 Å². The molecule has 8 aromatic rings. The van der Waals surface area contributed by atoms with E-state index in [0.717, 1.165) is 48.4 Å². The Morgan fingerprint density at radius 2 is 0.826 bits per heavy atom. The smallest absolute Gasteiger partial charge is 0.0697 e. The standard InChI is InChI=1S/C66H71N3/c1-5-9-11-25-47-65(48-26-12-10-6-2)63-49-53(66(7-3,8-4)69(58-31-21-15-22-32-58)59-33-23-16-24-34-59)39-45-61(63)62-46-44-60(50-64(62)65)68(56-29-19-14-20-30-56)57-42-37-52(38-43-57)51-35-40-55(41-36-51)67-54-27-17-13-18-28-54/h13-24,27-46,49-50,67H,5-12,25-26,47-48H2,1-4H3. The lowest BCUT2D eigenvalue weighted by Crippen LogP contribution is -2.43. The van der Waals surface area contributed by atoms with Gasteiger partial charge in [-0.1, -0.05) is 200 Å². The molecule has 0 heterocycles. The summed E-state index contributed by atoms with van der Waals surface area (Å²) in [5.74, 6) is 0. The Morgan fingerprint density at radius 3 is 1.35 bits per heavy atom. The van der Waals surface area contributed by atoms with Crippen molar-refractivity contribution in [3.8, 4) is 22.3 Å². The molecule has 0 radical (unpaired) electrons. The average molecular weight is 906 g/mol. The van der Waals surface area contributed by atoms with E-state index in [-0.39, 0.29) is 11.0 Å². The predicted octanol–water partition coefficient (Wildman–Crippen LogP) is 19.6. The fraction of sp³-hybridized carbons (Fsp3) is 0.273. The molecular weight excluding hydrogens is 835 g/mol. The first-order chi connectivity index (χ1) is 34.0. The Labute approximate surface area is 413 Å². The van der Waals surface area contributed by atoms with Crippen LogP contribution in [0.1, 0.15) is 121 Å². The molecule has 8 aromatic carbocycles. The molecule has 0 saturated carbocycles. The lowest BCUT2D eigenvalue weighted by Gasteiger charge is -2.46. The van der Waals surface area contributed by atoms with Gasteiger partial charge >= 0.3 is 0 Å². The van der Waals surface area contributed by atoms with E-state index in [2.05, 4.69) is 243 Å². The molecular formula is C66H71N3. The first-order valence-corrected chi connectivity index (χ1v) is 26.1. The van der Waals surface area contributed by atoms with Gasteiger partial charge in [0.2, 0.25) is 0 Å². The summed E-state index contributed by atoms with van der Waals surface area (Å²) < 4.78 is 0. The van der Waals surface area contributed by atoms with Gasteiger partial charge in [0.1, 0.15) is 0 Å². The molecule has 0 saturated heterocycles. The van der Waals surface area contributed by atoms with Crippen LogP contribution in [0.3, 0.4) is 0 Å². The zero-order valence-electron chi connectivity index (χ0n) is 41.5. The minimum atomic E-state index is -0.259. The average Bonchev–Trinajstić information content (AvgIpc) is 3.67. The van der Waals surface area contributed by atoms with Gasteiger partial charge in [0.15, 0.2) is 0 Å². The lowest BCUT2D eigenvalue weighted by molar-refractivity contribution is 0.390. The van der Waals surface area contributed by atoms with Crippen molar-refractivity contribution in [1.29, 1.82) is 0 Å². The van der Waals surface area contributed by atoms with E-state index >= 15 is 0 Å². The molecule has 3 heteroatoms. The molecule has 1 aliphatic carbocycles. The zero-order chi connectivity index (χ0) is 47.5. The molecule has 69 heavy (non-hydrogen) atoms. The monoisotopic (exact) mass is 906 g/mol. The summed E-state index contributed by atoms with van der Waals surface area (Å²) in [4.78, 5) is 5.11. The lowest BCUT2D eigenvalue weighted by atomic mass is 9.69. The van der Waals surface area contributed by atoms with Gasteiger partial charge in [-0.15, -0.1) is 0 Å². The molecule has 0 spiro atoms. The maximum Gasteiger partial charge on any atom is 0.0697 e. The fourth-order valence-corrected chi connectivity index (χ4v) is 11.4. The highest BCUT2D eigenvalue weighted by molar-refractivity contribution is 5.87. The SMILES string of the molecule is CCCCCCC1(CCCCCC)c2cc(N(c3ccccc3)c3ccc(-c4ccc(Nc5ccccc5)cc4)cc3)ccc2-c2ccc(C(CC)(CC)N(c3ccccc3)c3ccccc3)cc21. The van der Waals surface area contributed by atoms with Crippen molar-refractivity contribution >= 4 is 39.8 Å². The third-order valence-electron chi connectivity index (χ3n) is 15.1. The predicted molar refractivity (Wildman–Crippen MR) is 297 cm³/mol. The summed E-state index contributed by atoms with van der Waals surface area (Å²) in [6.45, 7) is 9.46. The Balaban J connectivity index is 1.15. The number of rotatable bonds is 22. The normalized spacial score (nSPS) is 12.6. The molecule has 0 aliphatic heterocycles. The van der Waals surface area contributed by atoms with E-state index in [1.807, 2.05) is 6.07 Å². The maximum absolute atomic E-state index is 3.53. The number of nitrogens with zero attached hydrogens (tertiary/aromatic N) is 2. The second kappa shape index (κ2) is 22.1. The minimum absolute atomic E-state index is 0.108. The van der Waals surface area contributed by atoms with Crippen LogP contribution in [0.4, 0.5) is 39.8 Å². The second-order valence-electron chi connectivity index (χ2n) is 19.2. The van der Waals surface area contributed by atoms with Gasteiger partial charge in [-0.3, -0.25) is 0 Å². The molecule has 350 valence electrons. The minimum Gasteiger partial charge on any atom is -0.356 e. The van der Waals surface area contributed by atoms with Crippen LogP contribution >= 0.6 is 0 Å². The number of nitrogens with one attached hydrogen (secondary N) is 1. The van der Waals surface area contributed by atoms with Crippen LogP contribution in [0, 0.1) is 0 Å². The number of fused-ring (bicyclic) bond motifs is 3. The summed E-state index contributed by atoms with van der Waals surface area (Å²) in [7, 11) is 0. The number of hydrogen-bond donors (Lipinski definition) is 1. The van der Waals surface area contributed by atoms with E-state index < -0.39 is 0 Å². The molecule has 0 amide bonds. The summed E-state index contributed by atoms with van der Waals surface area (Å²) in [5.41, 5.74) is 17.4. The number of para-hydroxylation sites is 4. The number of benzene rings is 8. The van der Waals surface area contributed by atoms with Crippen molar-refractivity contribution in [1.82, 2.24) is 0 Å². The van der Waals surface area contributed by atoms with E-state index in [0.29, 0.717) is 0 Å². The maximum atomic E-state index is 3.53. The van der Waals surface area contributed by atoms with E-state index in [9.17, 15) is 0 Å². The molecule has 0 aromatic heterocycles. The Hall–Kier alpha value is -6.84. The molecule has 0 bridgehead atoms. The third kappa shape index (κ3) is 9.88. The van der Waals surface area contributed by atoms with E-state index in [4.69, 9.17) is 0 Å². The van der Waals surface area contributed by atoms with Gasteiger partial charge in [0, 0.05) is 45.2 Å². The van der Waals surface area contributed by atoms with Crippen LogP contribution in [0.2, 0.25) is 0 Å². The largest absolute Gasteiger partial charge is 0.356 e. The molecule has 0 atom stereocenters. The van der Waals surface area contributed by atoms with Crippen molar-refractivity contribution < 1.29 is 0 Å². The van der Waals surface area contributed by atoms with E-state index in [1.165, 1.54) is 107 Å². The first kappa shape index (κ1) is 47.2. The van der Waals surface area contributed by atoms with Gasteiger partial charge in [-0.2, -0.15) is 0 Å². The van der Waals surface area contributed by atoms with Crippen LogP contribution < -0.4 is 15.1 Å². The number of unbranched alkanes of at least 4 members (excludes halogenated alkanes) is 6. The summed E-state index contributed by atoms with van der Waals surface area (Å²) in [6.07, 6.45) is 14.2. The van der Waals surface area contributed by atoms with E-state index in [1.54, 1.807) is 0 Å². The van der Waals surface area contributed by atoms with Gasteiger partial charge in [-0.25, -0.2) is 0 Å². The van der Waals surface area contributed by atoms with Crippen molar-refractivity contribution in [2.24, 2.45) is 0 Å². The summed E-state index contributed by atoms with van der Waals surface area (Å²) in [6, 6.07) is 76.6. The van der Waals surface area contributed by atoms with Crippen LogP contribution in [-0.4, -0.2) is 0 Å². The molecule has 3 nitrogen and oxygen atoms in total. The molecule has 0 fully saturated rings. The highest BCUT2D eigenvalue weighted by atomic mass is 15.2. The van der Waals surface area contributed by atoms with Gasteiger partial charge in [0.05, 0.1) is 5.54 Å². The Morgan fingerprint density at radius 1 is 0.391 bits per heavy atom. The molecule has 0 unspecified atom stereocenters. The highest BCUT2D eigenvalue weighted by Crippen LogP contribution is 2.57. The summed E-state index contributed by atoms with van der Waals surface area (Å²) in [5, 5.41) is 3.53. The molecule has 1 aliphatic rings. The Kier molecular flexibility index (Phi) is 15.1. The van der Waals surface area contributed by atoms with Gasteiger partial charge in [-0.05, 0) is 150 Å². The molecule has 1 N–H and O–H groups in total.